The van der Waals surface area contributed by atoms with Crippen LogP contribution in [0, 0.1) is 3.57 Å². The third-order valence-electron chi connectivity index (χ3n) is 3.66. The lowest BCUT2D eigenvalue weighted by Crippen LogP contribution is -2.16. The fraction of sp³-hybridized carbons (Fsp3) is 0.188. The van der Waals surface area contributed by atoms with Crippen LogP contribution in [0.3, 0.4) is 0 Å². The predicted molar refractivity (Wildman–Crippen MR) is 98.3 cm³/mol. The van der Waals surface area contributed by atoms with Gasteiger partial charge in [-0.1, -0.05) is 17.4 Å². The number of rotatable bonds is 4. The van der Waals surface area contributed by atoms with Crippen LogP contribution < -0.4 is 5.32 Å². The molecule has 5 nitrogen and oxygen atoms in total. The number of amides is 1. The number of aromatic nitrogens is 3. The summed E-state index contributed by atoms with van der Waals surface area (Å²) in [7, 11) is 0. The van der Waals surface area contributed by atoms with E-state index >= 15 is 0 Å². The zero-order valence-corrected chi connectivity index (χ0v) is 15.0. The van der Waals surface area contributed by atoms with Crippen molar-refractivity contribution < 1.29 is 4.79 Å². The minimum Gasteiger partial charge on any atom is -0.312 e. The number of hydrogen-bond donors (Lipinski definition) is 1. The molecule has 3 aromatic rings. The summed E-state index contributed by atoms with van der Waals surface area (Å²) in [5.41, 5.74) is 1.54. The highest BCUT2D eigenvalue weighted by Gasteiger charge is 2.28. The van der Waals surface area contributed by atoms with Crippen molar-refractivity contribution in [3.63, 3.8) is 0 Å². The summed E-state index contributed by atoms with van der Waals surface area (Å²) in [5, 5.41) is 12.7. The van der Waals surface area contributed by atoms with Crippen LogP contribution in [-0.4, -0.2) is 20.7 Å². The van der Waals surface area contributed by atoms with Crippen LogP contribution in [0.4, 0.5) is 5.13 Å². The molecule has 2 heterocycles. The Morgan fingerprint density at radius 1 is 1.26 bits per heavy atom. The van der Waals surface area contributed by atoms with E-state index in [2.05, 4.69) is 38.1 Å². The van der Waals surface area contributed by atoms with E-state index in [1.165, 1.54) is 24.2 Å². The smallest absolute Gasteiger partial charge is 0.274 e. The van der Waals surface area contributed by atoms with Gasteiger partial charge in [0, 0.05) is 21.4 Å². The highest BCUT2D eigenvalue weighted by atomic mass is 127. The Balaban J connectivity index is 1.57. The van der Waals surface area contributed by atoms with E-state index in [0.717, 1.165) is 14.3 Å². The van der Waals surface area contributed by atoms with Crippen LogP contribution in [0.15, 0.2) is 42.6 Å². The maximum Gasteiger partial charge on any atom is 0.274 e. The number of benzene rings is 1. The molecule has 23 heavy (non-hydrogen) atoms. The molecule has 0 spiro atoms. The summed E-state index contributed by atoms with van der Waals surface area (Å²) in [5.74, 6) is 0.376. The molecule has 1 saturated carbocycles. The first-order chi connectivity index (χ1) is 11.2. The molecule has 0 bridgehead atoms. The van der Waals surface area contributed by atoms with E-state index in [1.807, 2.05) is 41.1 Å². The van der Waals surface area contributed by atoms with E-state index in [-0.39, 0.29) is 5.91 Å². The minimum absolute atomic E-state index is 0.174. The van der Waals surface area contributed by atoms with Gasteiger partial charge in [-0.25, -0.2) is 0 Å². The first-order valence-electron chi connectivity index (χ1n) is 7.29. The highest BCUT2D eigenvalue weighted by Crippen LogP contribution is 2.42. The topological polar surface area (TPSA) is 59.8 Å². The lowest BCUT2D eigenvalue weighted by molar-refractivity contribution is 0.102. The van der Waals surface area contributed by atoms with Gasteiger partial charge in [-0.15, -0.1) is 10.2 Å². The molecule has 0 radical (unpaired) electrons. The largest absolute Gasteiger partial charge is 0.312 e. The Morgan fingerprint density at radius 2 is 2.13 bits per heavy atom. The predicted octanol–water partition coefficient (Wildman–Crippen LogP) is 4.06. The number of halogens is 1. The van der Waals surface area contributed by atoms with E-state index in [0.29, 0.717) is 16.7 Å². The monoisotopic (exact) mass is 436 g/mol. The van der Waals surface area contributed by atoms with Gasteiger partial charge in [0.15, 0.2) is 0 Å². The number of carbonyl (C=O) groups excluding carboxylic acids is 1. The zero-order chi connectivity index (χ0) is 15.8. The van der Waals surface area contributed by atoms with Gasteiger partial charge in [0.25, 0.3) is 5.91 Å². The first kappa shape index (κ1) is 14.8. The Morgan fingerprint density at radius 3 is 2.91 bits per heavy atom. The minimum atomic E-state index is -0.174. The number of hydrogen-bond acceptors (Lipinski definition) is 4. The first-order valence-corrected chi connectivity index (χ1v) is 9.18. The van der Waals surface area contributed by atoms with Crippen molar-refractivity contribution in [2.75, 3.05) is 5.32 Å². The van der Waals surface area contributed by atoms with Crippen LogP contribution in [0.5, 0.6) is 0 Å². The second-order valence-electron chi connectivity index (χ2n) is 5.42. The van der Waals surface area contributed by atoms with Gasteiger partial charge in [-0.05, 0) is 65.8 Å². The number of nitrogens with zero attached hydrogens (tertiary/aromatic N) is 3. The molecule has 116 valence electrons. The molecule has 0 saturated heterocycles. The number of anilines is 1. The molecule has 1 amide bonds. The normalized spacial score (nSPS) is 14.0. The average Bonchev–Trinajstić information content (AvgIpc) is 3.09. The molecule has 7 heteroatoms. The third kappa shape index (κ3) is 3.16. The SMILES string of the molecule is O=C(Nc1nnc(C2CC2)s1)c1cccn1-c1cccc(I)c1. The zero-order valence-electron chi connectivity index (χ0n) is 12.1. The summed E-state index contributed by atoms with van der Waals surface area (Å²) in [6.45, 7) is 0. The van der Waals surface area contributed by atoms with Crippen molar-refractivity contribution >= 4 is 45.0 Å². The molecule has 0 aliphatic heterocycles. The fourth-order valence-electron chi connectivity index (χ4n) is 2.36. The lowest BCUT2D eigenvalue weighted by Gasteiger charge is -2.09. The van der Waals surface area contributed by atoms with Crippen LogP contribution in [0.25, 0.3) is 5.69 Å². The van der Waals surface area contributed by atoms with Gasteiger partial charge >= 0.3 is 0 Å². The Labute approximate surface area is 150 Å². The van der Waals surface area contributed by atoms with Gasteiger partial charge < -0.3 is 4.57 Å². The molecule has 1 fully saturated rings. The maximum absolute atomic E-state index is 12.6. The van der Waals surface area contributed by atoms with Gasteiger partial charge in [-0.2, -0.15) is 0 Å². The molecule has 0 unspecified atom stereocenters. The van der Waals surface area contributed by atoms with E-state index in [9.17, 15) is 4.79 Å². The van der Waals surface area contributed by atoms with E-state index in [1.54, 1.807) is 6.07 Å². The lowest BCUT2D eigenvalue weighted by atomic mass is 10.3. The Bertz CT molecular complexity index is 868. The van der Waals surface area contributed by atoms with E-state index < -0.39 is 0 Å². The summed E-state index contributed by atoms with van der Waals surface area (Å²) in [6, 6.07) is 11.7. The Hall–Kier alpha value is -1.74. The van der Waals surface area contributed by atoms with Crippen LogP contribution in [-0.2, 0) is 0 Å². The fourth-order valence-corrected chi connectivity index (χ4v) is 3.79. The van der Waals surface area contributed by atoms with Crippen LogP contribution >= 0.6 is 33.9 Å². The summed E-state index contributed by atoms with van der Waals surface area (Å²) in [6.07, 6.45) is 4.24. The van der Waals surface area contributed by atoms with Crippen molar-refractivity contribution in [3.8, 4) is 5.69 Å². The summed E-state index contributed by atoms with van der Waals surface area (Å²) >= 11 is 3.73. The second kappa shape index (κ2) is 6.04. The number of carbonyl (C=O) groups is 1. The molecule has 1 N–H and O–H groups in total. The van der Waals surface area contributed by atoms with Crippen LogP contribution in [0.1, 0.15) is 34.3 Å². The van der Waals surface area contributed by atoms with Crippen molar-refractivity contribution in [2.45, 2.75) is 18.8 Å². The molecule has 2 aromatic heterocycles. The summed E-state index contributed by atoms with van der Waals surface area (Å²) in [4.78, 5) is 12.6. The highest BCUT2D eigenvalue weighted by molar-refractivity contribution is 14.1. The molecule has 1 aliphatic carbocycles. The van der Waals surface area contributed by atoms with Gasteiger partial charge in [0.2, 0.25) is 5.13 Å². The molecular formula is C16H13IN4OS. The molecule has 1 aromatic carbocycles. The van der Waals surface area contributed by atoms with E-state index in [4.69, 9.17) is 0 Å². The number of nitrogens with one attached hydrogen (secondary N) is 1. The van der Waals surface area contributed by atoms with Crippen LogP contribution in [0.2, 0.25) is 0 Å². The molecular weight excluding hydrogens is 423 g/mol. The molecule has 4 rings (SSSR count). The van der Waals surface area contributed by atoms with Crippen molar-refractivity contribution in [1.82, 2.24) is 14.8 Å². The van der Waals surface area contributed by atoms with Gasteiger partial charge in [0.1, 0.15) is 10.7 Å². The molecule has 1 aliphatic rings. The average molecular weight is 436 g/mol. The van der Waals surface area contributed by atoms with Gasteiger partial charge in [-0.3, -0.25) is 10.1 Å². The van der Waals surface area contributed by atoms with Crippen molar-refractivity contribution in [3.05, 3.63) is 56.9 Å². The van der Waals surface area contributed by atoms with Crippen molar-refractivity contribution in [2.24, 2.45) is 0 Å². The second-order valence-corrected chi connectivity index (χ2v) is 7.67. The third-order valence-corrected chi connectivity index (χ3v) is 5.33. The van der Waals surface area contributed by atoms with Crippen molar-refractivity contribution in [1.29, 1.82) is 0 Å². The van der Waals surface area contributed by atoms with Gasteiger partial charge in [0.05, 0.1) is 0 Å². The maximum atomic E-state index is 12.6. The standard InChI is InChI=1S/C16H13IN4OS/c17-11-3-1-4-12(9-11)21-8-2-5-13(21)14(22)18-16-20-19-15(23-16)10-6-7-10/h1-5,8-10H,6-7H2,(H,18,20,22). The Kier molecular flexibility index (Phi) is 3.90. The quantitative estimate of drug-likeness (QED) is 0.628. The summed E-state index contributed by atoms with van der Waals surface area (Å²) < 4.78 is 3.00. The molecule has 0 atom stereocenters.